The molecule has 0 saturated heterocycles. The number of carboxylic acid groups (broad SMARTS) is 1. The van der Waals surface area contributed by atoms with Gasteiger partial charge in [-0.2, -0.15) is 0 Å². The van der Waals surface area contributed by atoms with Gasteiger partial charge in [-0.3, -0.25) is 4.79 Å². The molecule has 5 heteroatoms. The maximum absolute atomic E-state index is 11.2. The van der Waals surface area contributed by atoms with Gasteiger partial charge in [-0.05, 0) is 37.5 Å². The molecule has 1 aromatic carbocycles. The van der Waals surface area contributed by atoms with Crippen LogP contribution in [-0.2, 0) is 11.2 Å². The van der Waals surface area contributed by atoms with E-state index in [0.29, 0.717) is 17.9 Å². The van der Waals surface area contributed by atoms with E-state index in [-0.39, 0.29) is 6.04 Å². The molecule has 0 saturated carbocycles. The molecule has 0 aliphatic heterocycles. The van der Waals surface area contributed by atoms with Gasteiger partial charge in [0.1, 0.15) is 6.04 Å². The molecule has 0 aromatic heterocycles. The summed E-state index contributed by atoms with van der Waals surface area (Å²) in [4.78, 5) is 11.2. The predicted molar refractivity (Wildman–Crippen MR) is 82.2 cm³/mol. The van der Waals surface area contributed by atoms with E-state index >= 15 is 0 Å². The number of methoxy groups -OCH3 is 2. The number of rotatable bonds is 9. The van der Waals surface area contributed by atoms with Crippen LogP contribution in [0.25, 0.3) is 0 Å². The van der Waals surface area contributed by atoms with Gasteiger partial charge < -0.3 is 19.9 Å². The van der Waals surface area contributed by atoms with Crippen molar-refractivity contribution in [1.29, 1.82) is 0 Å². The van der Waals surface area contributed by atoms with E-state index < -0.39 is 12.0 Å². The predicted octanol–water partition coefficient (Wildman–Crippen LogP) is 2.48. The average Bonchev–Trinajstić information content (AvgIpc) is 2.46. The molecule has 0 fully saturated rings. The summed E-state index contributed by atoms with van der Waals surface area (Å²) in [7, 11) is 3.20. The molecule has 21 heavy (non-hydrogen) atoms. The van der Waals surface area contributed by atoms with Crippen LogP contribution in [0.3, 0.4) is 0 Å². The summed E-state index contributed by atoms with van der Waals surface area (Å²) >= 11 is 0. The van der Waals surface area contributed by atoms with Crippen molar-refractivity contribution in [3.63, 3.8) is 0 Å². The number of hydrogen-bond donors (Lipinski definition) is 2. The van der Waals surface area contributed by atoms with Crippen LogP contribution >= 0.6 is 0 Å². The molecular weight excluding hydrogens is 270 g/mol. The first-order valence-corrected chi connectivity index (χ1v) is 7.21. The van der Waals surface area contributed by atoms with E-state index in [2.05, 4.69) is 5.32 Å². The number of nitrogens with one attached hydrogen (secondary N) is 1. The number of ether oxygens (including phenoxy) is 2. The lowest BCUT2D eigenvalue weighted by Gasteiger charge is -2.20. The molecule has 2 atom stereocenters. The third kappa shape index (κ3) is 5.27. The van der Waals surface area contributed by atoms with Gasteiger partial charge in [-0.1, -0.05) is 19.4 Å². The van der Waals surface area contributed by atoms with Gasteiger partial charge in [0.05, 0.1) is 14.2 Å². The Hall–Kier alpha value is -1.75. The van der Waals surface area contributed by atoms with Gasteiger partial charge in [-0.25, -0.2) is 0 Å². The van der Waals surface area contributed by atoms with E-state index in [1.807, 2.05) is 32.0 Å². The van der Waals surface area contributed by atoms with E-state index in [1.54, 1.807) is 14.2 Å². The second-order valence-corrected chi connectivity index (χ2v) is 5.14. The van der Waals surface area contributed by atoms with Crippen molar-refractivity contribution in [3.05, 3.63) is 23.8 Å². The Bertz CT molecular complexity index is 462. The van der Waals surface area contributed by atoms with Crippen LogP contribution in [0.1, 0.15) is 32.3 Å². The molecular formula is C16H25NO4. The summed E-state index contributed by atoms with van der Waals surface area (Å²) in [6.07, 6.45) is 2.20. The third-order valence-corrected chi connectivity index (χ3v) is 3.35. The molecule has 0 radical (unpaired) electrons. The van der Waals surface area contributed by atoms with Crippen LogP contribution in [0.5, 0.6) is 11.5 Å². The van der Waals surface area contributed by atoms with Gasteiger partial charge in [-0.15, -0.1) is 0 Å². The normalized spacial score (nSPS) is 13.5. The van der Waals surface area contributed by atoms with Crippen LogP contribution < -0.4 is 14.8 Å². The molecule has 0 heterocycles. The van der Waals surface area contributed by atoms with Crippen molar-refractivity contribution in [2.75, 3.05) is 14.2 Å². The van der Waals surface area contributed by atoms with E-state index in [9.17, 15) is 9.90 Å². The molecule has 0 bridgehead atoms. The molecule has 1 aromatic rings. The molecule has 0 spiro atoms. The van der Waals surface area contributed by atoms with E-state index in [1.165, 1.54) is 0 Å². The molecule has 118 valence electrons. The zero-order valence-corrected chi connectivity index (χ0v) is 13.2. The first kappa shape index (κ1) is 17.3. The van der Waals surface area contributed by atoms with Crippen molar-refractivity contribution >= 4 is 5.97 Å². The molecule has 0 aliphatic carbocycles. The summed E-state index contributed by atoms with van der Waals surface area (Å²) in [6.45, 7) is 3.97. The Kier molecular flexibility index (Phi) is 7.02. The summed E-state index contributed by atoms with van der Waals surface area (Å²) in [5.41, 5.74) is 1.08. The van der Waals surface area contributed by atoms with Gasteiger partial charge in [0.15, 0.2) is 11.5 Å². The topological polar surface area (TPSA) is 67.8 Å². The smallest absolute Gasteiger partial charge is 0.320 e. The highest BCUT2D eigenvalue weighted by Crippen LogP contribution is 2.28. The van der Waals surface area contributed by atoms with Crippen molar-refractivity contribution < 1.29 is 19.4 Å². The summed E-state index contributed by atoms with van der Waals surface area (Å²) in [5.74, 6) is 0.581. The second-order valence-electron chi connectivity index (χ2n) is 5.14. The minimum absolute atomic E-state index is 0.0655. The van der Waals surface area contributed by atoms with Crippen LogP contribution in [0.4, 0.5) is 0 Å². The number of carboxylic acids is 1. The molecule has 5 nitrogen and oxygen atoms in total. The van der Waals surface area contributed by atoms with Crippen molar-refractivity contribution in [2.45, 2.75) is 45.2 Å². The summed E-state index contributed by atoms with van der Waals surface area (Å²) in [6, 6.07) is 5.32. The third-order valence-electron chi connectivity index (χ3n) is 3.35. The lowest BCUT2D eigenvalue weighted by molar-refractivity contribution is -0.139. The highest BCUT2D eigenvalue weighted by molar-refractivity contribution is 5.73. The largest absolute Gasteiger partial charge is 0.493 e. The van der Waals surface area contributed by atoms with Crippen LogP contribution in [0.2, 0.25) is 0 Å². The van der Waals surface area contributed by atoms with Crippen molar-refractivity contribution in [1.82, 2.24) is 5.32 Å². The zero-order valence-electron chi connectivity index (χ0n) is 13.2. The van der Waals surface area contributed by atoms with Crippen LogP contribution in [0, 0.1) is 0 Å². The Morgan fingerprint density at radius 2 is 1.95 bits per heavy atom. The van der Waals surface area contributed by atoms with Gasteiger partial charge in [0, 0.05) is 6.04 Å². The minimum atomic E-state index is -0.795. The fourth-order valence-corrected chi connectivity index (χ4v) is 2.33. The first-order valence-electron chi connectivity index (χ1n) is 7.21. The molecule has 1 rings (SSSR count). The Balaban J connectivity index is 2.69. The monoisotopic (exact) mass is 295 g/mol. The first-order chi connectivity index (χ1) is 10.0. The van der Waals surface area contributed by atoms with Gasteiger partial charge in [0.25, 0.3) is 0 Å². The molecule has 0 amide bonds. The number of benzene rings is 1. The van der Waals surface area contributed by atoms with Gasteiger partial charge >= 0.3 is 5.97 Å². The van der Waals surface area contributed by atoms with Crippen molar-refractivity contribution in [3.8, 4) is 11.5 Å². The number of hydrogen-bond acceptors (Lipinski definition) is 4. The average molecular weight is 295 g/mol. The summed E-state index contributed by atoms with van der Waals surface area (Å²) in [5, 5.41) is 12.3. The maximum atomic E-state index is 11.2. The van der Waals surface area contributed by atoms with Crippen LogP contribution in [0.15, 0.2) is 18.2 Å². The second kappa shape index (κ2) is 8.52. The number of carbonyl (C=O) groups is 1. The fraction of sp³-hybridized carbons (Fsp3) is 0.562. The van der Waals surface area contributed by atoms with E-state index in [0.717, 1.165) is 18.4 Å². The van der Waals surface area contributed by atoms with Crippen molar-refractivity contribution in [2.24, 2.45) is 0 Å². The standard InChI is InChI=1S/C16H25NO4/c1-5-6-13(16(18)19)17-11(2)9-12-7-8-14(20-3)15(10-12)21-4/h7-8,10-11,13,17H,5-6,9H2,1-4H3,(H,18,19). The molecule has 0 aliphatic rings. The SMILES string of the molecule is CCCC(NC(C)Cc1ccc(OC)c(OC)c1)C(=O)O. The zero-order chi connectivity index (χ0) is 15.8. The highest BCUT2D eigenvalue weighted by Gasteiger charge is 2.18. The lowest BCUT2D eigenvalue weighted by Crippen LogP contribution is -2.42. The molecule has 2 unspecified atom stereocenters. The number of aliphatic carboxylic acids is 1. The Labute approximate surface area is 126 Å². The summed E-state index contributed by atoms with van der Waals surface area (Å²) < 4.78 is 10.5. The highest BCUT2D eigenvalue weighted by atomic mass is 16.5. The van der Waals surface area contributed by atoms with E-state index in [4.69, 9.17) is 9.47 Å². The fourth-order valence-electron chi connectivity index (χ4n) is 2.33. The van der Waals surface area contributed by atoms with Gasteiger partial charge in [0.2, 0.25) is 0 Å². The Morgan fingerprint density at radius 3 is 2.48 bits per heavy atom. The Morgan fingerprint density at radius 1 is 1.29 bits per heavy atom. The lowest BCUT2D eigenvalue weighted by atomic mass is 10.0. The maximum Gasteiger partial charge on any atom is 0.320 e. The van der Waals surface area contributed by atoms with Crippen LogP contribution in [-0.4, -0.2) is 37.4 Å². The quantitative estimate of drug-likeness (QED) is 0.732. The molecule has 2 N–H and O–H groups in total. The minimum Gasteiger partial charge on any atom is -0.493 e.